The molecule has 2 amide bonds. The summed E-state index contributed by atoms with van der Waals surface area (Å²) in [6, 6.07) is 9.77. The molecule has 3 heterocycles. The van der Waals surface area contributed by atoms with Crippen LogP contribution in [0.2, 0.25) is 0 Å². The molecule has 0 aliphatic carbocycles. The topological polar surface area (TPSA) is 74.0 Å². The number of benzene rings is 1. The van der Waals surface area contributed by atoms with Crippen LogP contribution in [0.15, 0.2) is 36.5 Å². The summed E-state index contributed by atoms with van der Waals surface area (Å²) in [6.45, 7) is 2.50. The zero-order valence-electron chi connectivity index (χ0n) is 16.1. The van der Waals surface area contributed by atoms with Crippen molar-refractivity contribution in [2.75, 3.05) is 26.3 Å². The molecule has 1 aromatic heterocycles. The summed E-state index contributed by atoms with van der Waals surface area (Å²) in [4.78, 5) is 25.9. The van der Waals surface area contributed by atoms with Gasteiger partial charge in [-0.25, -0.2) is 0 Å². The highest BCUT2D eigenvalue weighted by molar-refractivity contribution is 6.04. The van der Waals surface area contributed by atoms with Crippen LogP contribution in [0.25, 0.3) is 0 Å². The number of nitrogens with one attached hydrogen (secondary N) is 2. The molecule has 1 saturated heterocycles. The Kier molecular flexibility index (Phi) is 5.34. The van der Waals surface area contributed by atoms with Crippen LogP contribution in [0.5, 0.6) is 11.5 Å². The van der Waals surface area contributed by atoms with E-state index in [1.54, 1.807) is 29.9 Å². The van der Waals surface area contributed by atoms with Crippen molar-refractivity contribution in [1.29, 1.82) is 0 Å². The maximum absolute atomic E-state index is 12.5. The van der Waals surface area contributed by atoms with Gasteiger partial charge in [-0.3, -0.25) is 14.9 Å². The number of aryl methyl sites for hydroxylation is 1. The Balaban J connectivity index is 1.42. The molecule has 0 saturated carbocycles. The van der Waals surface area contributed by atoms with Crippen LogP contribution in [0.3, 0.4) is 0 Å². The van der Waals surface area contributed by atoms with E-state index in [2.05, 4.69) is 11.4 Å². The number of quaternary nitrogens is 1. The first-order valence-electron chi connectivity index (χ1n) is 9.81. The fraction of sp³-hybridized carbons (Fsp3) is 0.429. The Hall–Kier alpha value is -2.80. The van der Waals surface area contributed by atoms with Crippen molar-refractivity contribution in [3.8, 4) is 11.5 Å². The number of ether oxygens (including phenoxy) is 2. The first-order valence-corrected chi connectivity index (χ1v) is 9.81. The van der Waals surface area contributed by atoms with E-state index in [1.807, 2.05) is 12.1 Å². The lowest BCUT2D eigenvalue weighted by Gasteiger charge is -2.22. The average Bonchev–Trinajstić information content (AvgIpc) is 3.24. The van der Waals surface area contributed by atoms with Crippen molar-refractivity contribution in [2.24, 2.45) is 7.05 Å². The van der Waals surface area contributed by atoms with Gasteiger partial charge in [-0.15, -0.1) is 0 Å². The second-order valence-corrected chi connectivity index (χ2v) is 7.42. The predicted octanol–water partition coefficient (Wildman–Crippen LogP) is 0.863. The average molecular weight is 384 g/mol. The maximum Gasteiger partial charge on any atom is 0.282 e. The van der Waals surface area contributed by atoms with Gasteiger partial charge in [0.05, 0.1) is 19.8 Å². The molecule has 1 unspecified atom stereocenters. The van der Waals surface area contributed by atoms with Gasteiger partial charge in [-0.1, -0.05) is 0 Å². The lowest BCUT2D eigenvalue weighted by atomic mass is 10.0. The molecular formula is C21H26N3O4+. The van der Waals surface area contributed by atoms with E-state index in [0.717, 1.165) is 42.9 Å². The zero-order valence-corrected chi connectivity index (χ0v) is 16.1. The Labute approximate surface area is 164 Å². The van der Waals surface area contributed by atoms with Crippen molar-refractivity contribution in [3.63, 3.8) is 0 Å². The molecule has 2 aliphatic heterocycles. The Bertz CT molecular complexity index is 876. The summed E-state index contributed by atoms with van der Waals surface area (Å²) in [6.07, 6.45) is 4.72. The lowest BCUT2D eigenvalue weighted by molar-refractivity contribution is -0.910. The van der Waals surface area contributed by atoms with Gasteiger partial charge in [0.15, 0.2) is 18.0 Å². The number of likely N-dealkylation sites (tertiary alicyclic amines) is 1. The summed E-state index contributed by atoms with van der Waals surface area (Å²) < 4.78 is 13.2. The molecule has 2 atom stereocenters. The Morgan fingerprint density at radius 1 is 1.18 bits per heavy atom. The Morgan fingerprint density at radius 3 is 2.79 bits per heavy atom. The minimum atomic E-state index is -0.358. The highest BCUT2D eigenvalue weighted by Crippen LogP contribution is 2.33. The number of carbonyl (C=O) groups excluding carboxylic acids is 2. The number of amides is 2. The first-order chi connectivity index (χ1) is 13.6. The maximum atomic E-state index is 12.5. The molecule has 0 bridgehead atoms. The molecule has 7 nitrogen and oxygen atoms in total. The minimum Gasteiger partial charge on any atom is -0.490 e. The van der Waals surface area contributed by atoms with E-state index >= 15 is 0 Å². The number of carbonyl (C=O) groups is 2. The highest BCUT2D eigenvalue weighted by Gasteiger charge is 2.33. The molecule has 0 radical (unpaired) electrons. The minimum absolute atomic E-state index is 0.216. The lowest BCUT2D eigenvalue weighted by Crippen LogP contribution is -3.11. The first kappa shape index (κ1) is 18.6. The van der Waals surface area contributed by atoms with E-state index < -0.39 is 0 Å². The molecule has 28 heavy (non-hydrogen) atoms. The third-order valence-electron chi connectivity index (χ3n) is 5.47. The van der Waals surface area contributed by atoms with E-state index in [4.69, 9.17) is 9.47 Å². The molecule has 2 N–H and O–H groups in total. The largest absolute Gasteiger partial charge is 0.490 e. The summed E-state index contributed by atoms with van der Waals surface area (Å²) in [5.41, 5.74) is 1.63. The SMILES string of the molecule is Cn1cccc1C(=O)NC(=O)C[NH+]1CCC[C@H]1c1ccc2c(c1)OCCCO2. The van der Waals surface area contributed by atoms with E-state index in [1.165, 1.54) is 4.90 Å². The quantitative estimate of drug-likeness (QED) is 0.820. The number of aromatic nitrogens is 1. The number of fused-ring (bicyclic) bond motifs is 1. The summed E-state index contributed by atoms with van der Waals surface area (Å²) in [7, 11) is 1.78. The van der Waals surface area contributed by atoms with Gasteiger partial charge < -0.3 is 18.9 Å². The fourth-order valence-electron chi connectivity index (χ4n) is 4.06. The van der Waals surface area contributed by atoms with Crippen LogP contribution in [-0.4, -0.2) is 42.7 Å². The number of rotatable bonds is 4. The second kappa shape index (κ2) is 8.06. The predicted molar refractivity (Wildman–Crippen MR) is 103 cm³/mol. The summed E-state index contributed by atoms with van der Waals surface area (Å²) in [5.74, 6) is 0.960. The monoisotopic (exact) mass is 384 g/mol. The number of hydrogen-bond acceptors (Lipinski definition) is 4. The van der Waals surface area contributed by atoms with Crippen molar-refractivity contribution in [3.05, 3.63) is 47.8 Å². The van der Waals surface area contributed by atoms with E-state index in [9.17, 15) is 9.59 Å². The van der Waals surface area contributed by atoms with Crippen LogP contribution in [0.1, 0.15) is 41.4 Å². The number of nitrogens with zero attached hydrogens (tertiary/aromatic N) is 1. The van der Waals surface area contributed by atoms with Gasteiger partial charge in [0.2, 0.25) is 0 Å². The molecule has 0 spiro atoms. The van der Waals surface area contributed by atoms with Crippen LogP contribution >= 0.6 is 0 Å². The molecule has 4 rings (SSSR count). The molecule has 2 aromatic rings. The van der Waals surface area contributed by atoms with Crippen LogP contribution in [0.4, 0.5) is 0 Å². The highest BCUT2D eigenvalue weighted by atomic mass is 16.5. The molecule has 1 aromatic carbocycles. The van der Waals surface area contributed by atoms with Crippen LogP contribution < -0.4 is 19.7 Å². The van der Waals surface area contributed by atoms with Gasteiger partial charge in [-0.2, -0.15) is 0 Å². The van der Waals surface area contributed by atoms with Gasteiger partial charge in [-0.05, 0) is 30.3 Å². The molecule has 148 valence electrons. The standard InChI is InChI=1S/C21H25N3O4/c1-23-9-2-6-17(23)21(26)22-20(25)14-24-10-3-5-16(24)15-7-8-18-19(13-15)28-12-4-11-27-18/h2,6-9,13,16H,3-5,10-12,14H2,1H3,(H,22,25,26)/p+1/t16-/m0/s1. The summed E-state index contributed by atoms with van der Waals surface area (Å²) >= 11 is 0. The smallest absolute Gasteiger partial charge is 0.282 e. The van der Waals surface area contributed by atoms with Gasteiger partial charge in [0.1, 0.15) is 11.7 Å². The van der Waals surface area contributed by atoms with Gasteiger partial charge >= 0.3 is 0 Å². The number of hydrogen-bond donors (Lipinski definition) is 2. The fourth-order valence-corrected chi connectivity index (χ4v) is 4.06. The van der Waals surface area contributed by atoms with Gasteiger partial charge in [0, 0.05) is 38.1 Å². The van der Waals surface area contributed by atoms with E-state index in [0.29, 0.717) is 18.9 Å². The summed E-state index contributed by atoms with van der Waals surface area (Å²) in [5, 5.41) is 2.52. The normalized spacial score (nSPS) is 21.2. The Morgan fingerprint density at radius 2 is 2.00 bits per heavy atom. The molecule has 2 aliphatic rings. The third-order valence-corrected chi connectivity index (χ3v) is 5.47. The van der Waals surface area contributed by atoms with Crippen LogP contribution in [0, 0.1) is 0 Å². The second-order valence-electron chi connectivity index (χ2n) is 7.42. The molecule has 7 heteroatoms. The van der Waals surface area contributed by atoms with Gasteiger partial charge in [0.25, 0.3) is 11.8 Å². The zero-order chi connectivity index (χ0) is 19.5. The number of imide groups is 1. The van der Waals surface area contributed by atoms with Crippen molar-refractivity contribution < 1.29 is 24.0 Å². The molecular weight excluding hydrogens is 358 g/mol. The molecule has 1 fully saturated rings. The van der Waals surface area contributed by atoms with Crippen molar-refractivity contribution in [1.82, 2.24) is 9.88 Å². The van der Waals surface area contributed by atoms with Crippen molar-refractivity contribution >= 4 is 11.8 Å². The van der Waals surface area contributed by atoms with Crippen LogP contribution in [-0.2, 0) is 11.8 Å². The van der Waals surface area contributed by atoms with E-state index in [-0.39, 0.29) is 24.4 Å². The third kappa shape index (κ3) is 3.89. The van der Waals surface area contributed by atoms with Crippen molar-refractivity contribution in [2.45, 2.75) is 25.3 Å².